The topological polar surface area (TPSA) is 140 Å². The van der Waals surface area contributed by atoms with Gasteiger partial charge in [-0.2, -0.15) is 5.11 Å². The summed E-state index contributed by atoms with van der Waals surface area (Å²) >= 11 is 0. The van der Waals surface area contributed by atoms with E-state index in [-0.39, 0.29) is 30.0 Å². The molecule has 0 unspecified atom stereocenters. The number of pyridine rings is 1. The van der Waals surface area contributed by atoms with Crippen molar-refractivity contribution in [3.05, 3.63) is 95.4 Å². The van der Waals surface area contributed by atoms with Crippen molar-refractivity contribution >= 4 is 35.0 Å². The monoisotopic (exact) mass is 488 g/mol. The van der Waals surface area contributed by atoms with E-state index in [9.17, 15) is 19.5 Å². The van der Waals surface area contributed by atoms with E-state index in [2.05, 4.69) is 20.5 Å². The molecule has 36 heavy (non-hydrogen) atoms. The number of hydrogen-bond acceptors (Lipinski definition) is 9. The number of anilines is 1. The van der Waals surface area contributed by atoms with Crippen LogP contribution in [0.15, 0.2) is 89.0 Å². The third kappa shape index (κ3) is 6.83. The maximum Gasteiger partial charge on any atom is 0.338 e. The Labute approximate surface area is 207 Å². The van der Waals surface area contributed by atoms with E-state index < -0.39 is 29.3 Å². The zero-order valence-corrected chi connectivity index (χ0v) is 19.7. The zero-order valence-electron chi connectivity index (χ0n) is 19.7. The Bertz CT molecular complexity index is 1250. The number of amides is 1. The van der Waals surface area contributed by atoms with Gasteiger partial charge in [0.2, 0.25) is 0 Å². The lowest BCUT2D eigenvalue weighted by molar-refractivity contribution is -0.112. The molecule has 3 rings (SSSR count). The summed E-state index contributed by atoms with van der Waals surface area (Å²) in [6.45, 7) is 3.56. The third-order valence-corrected chi connectivity index (χ3v) is 4.61. The molecule has 1 heterocycles. The molecule has 10 heteroatoms. The lowest BCUT2D eigenvalue weighted by Gasteiger charge is -2.09. The molecule has 0 aliphatic carbocycles. The molecule has 2 N–H and O–H groups in total. The summed E-state index contributed by atoms with van der Waals surface area (Å²) in [7, 11) is 0. The highest BCUT2D eigenvalue weighted by Crippen LogP contribution is 2.24. The molecule has 1 amide bonds. The molecule has 2 aromatic carbocycles. The van der Waals surface area contributed by atoms with E-state index in [1.165, 1.54) is 24.4 Å². The maximum atomic E-state index is 13.0. The molecule has 10 nitrogen and oxygen atoms in total. The van der Waals surface area contributed by atoms with Crippen LogP contribution in [0.1, 0.15) is 40.1 Å². The highest BCUT2D eigenvalue weighted by atomic mass is 16.5. The van der Waals surface area contributed by atoms with Gasteiger partial charge in [0.15, 0.2) is 11.5 Å². The standard InChI is InChI=1S/C26H24N4O6/c1-3-35-25(33)18-13-19(26(34)36-4-2)15-21(14-18)29-30-22(23(31)17-9-6-5-7-10-17)24(32)28-20-11-8-12-27-16-20/h5-16,31H,3-4H2,1-2H3,(H,28,32)/b23-22-,30-29?. The predicted molar refractivity (Wildman–Crippen MR) is 132 cm³/mol. The average molecular weight is 489 g/mol. The first kappa shape index (κ1) is 25.8. The molecule has 184 valence electrons. The Hall–Kier alpha value is -4.86. The second-order valence-corrected chi connectivity index (χ2v) is 7.17. The first-order valence-electron chi connectivity index (χ1n) is 11.0. The molecule has 0 atom stereocenters. The number of rotatable bonds is 9. The number of hydrogen-bond donors (Lipinski definition) is 2. The summed E-state index contributed by atoms with van der Waals surface area (Å²) < 4.78 is 10.0. The summed E-state index contributed by atoms with van der Waals surface area (Å²) in [4.78, 5) is 41.6. The smallest absolute Gasteiger partial charge is 0.338 e. The number of aliphatic hydroxyl groups excluding tert-OH is 1. The molecule has 0 fully saturated rings. The molecule has 0 saturated carbocycles. The summed E-state index contributed by atoms with van der Waals surface area (Å²) in [5, 5.41) is 21.4. The summed E-state index contributed by atoms with van der Waals surface area (Å²) in [6.07, 6.45) is 2.98. The van der Waals surface area contributed by atoms with Crippen molar-refractivity contribution in [2.45, 2.75) is 13.8 Å². The van der Waals surface area contributed by atoms with Crippen molar-refractivity contribution < 1.29 is 29.0 Å². The molecular weight excluding hydrogens is 464 g/mol. The highest BCUT2D eigenvalue weighted by molar-refractivity contribution is 6.07. The number of benzene rings is 2. The Morgan fingerprint density at radius 3 is 2.08 bits per heavy atom. The largest absolute Gasteiger partial charge is 0.505 e. The average Bonchev–Trinajstić information content (AvgIpc) is 2.90. The molecule has 0 aliphatic rings. The summed E-state index contributed by atoms with van der Waals surface area (Å²) in [6, 6.07) is 15.6. The van der Waals surface area contributed by atoms with E-state index in [0.29, 0.717) is 11.3 Å². The lowest BCUT2D eigenvalue weighted by Crippen LogP contribution is -2.15. The van der Waals surface area contributed by atoms with Crippen LogP contribution in [0.2, 0.25) is 0 Å². The van der Waals surface area contributed by atoms with Crippen LogP contribution in [0.4, 0.5) is 11.4 Å². The van der Waals surface area contributed by atoms with Crippen LogP contribution in [0, 0.1) is 0 Å². The van der Waals surface area contributed by atoms with E-state index in [0.717, 1.165) is 0 Å². The first-order valence-corrected chi connectivity index (χ1v) is 11.0. The van der Waals surface area contributed by atoms with Crippen molar-refractivity contribution in [2.75, 3.05) is 18.5 Å². The normalized spacial score (nSPS) is 11.5. The van der Waals surface area contributed by atoms with Gasteiger partial charge in [0.05, 0.1) is 41.9 Å². The molecule has 0 aliphatic heterocycles. The molecule has 3 aromatic rings. The van der Waals surface area contributed by atoms with Gasteiger partial charge in [-0.05, 0) is 44.2 Å². The van der Waals surface area contributed by atoms with Crippen molar-refractivity contribution in [1.29, 1.82) is 0 Å². The molecule has 1 aromatic heterocycles. The lowest BCUT2D eigenvalue weighted by atomic mass is 10.1. The van der Waals surface area contributed by atoms with Gasteiger partial charge in [-0.15, -0.1) is 5.11 Å². The van der Waals surface area contributed by atoms with E-state index in [4.69, 9.17) is 9.47 Å². The SMILES string of the molecule is CCOC(=O)c1cc(N=N/C(C(=O)Nc2cccnc2)=C(\O)c2ccccc2)cc(C(=O)OCC)c1. The Kier molecular flexibility index (Phi) is 8.99. The van der Waals surface area contributed by atoms with Crippen molar-refractivity contribution in [3.8, 4) is 0 Å². The molecule has 0 radical (unpaired) electrons. The summed E-state index contributed by atoms with van der Waals surface area (Å²) in [5.74, 6) is -2.51. The number of esters is 2. The minimum absolute atomic E-state index is 0.0500. The van der Waals surface area contributed by atoms with Crippen LogP contribution in [0.25, 0.3) is 5.76 Å². The molecule has 0 bridgehead atoms. The van der Waals surface area contributed by atoms with Crippen LogP contribution >= 0.6 is 0 Å². The number of aliphatic hydroxyl groups is 1. The summed E-state index contributed by atoms with van der Waals surface area (Å²) in [5.41, 5.74) is 0.480. The van der Waals surface area contributed by atoms with E-state index in [1.54, 1.807) is 62.5 Å². The van der Waals surface area contributed by atoms with Gasteiger partial charge < -0.3 is 19.9 Å². The molecular formula is C26H24N4O6. The van der Waals surface area contributed by atoms with Crippen molar-refractivity contribution in [3.63, 3.8) is 0 Å². The fourth-order valence-corrected chi connectivity index (χ4v) is 3.00. The van der Waals surface area contributed by atoms with E-state index in [1.807, 2.05) is 0 Å². The predicted octanol–water partition coefficient (Wildman–Crippen LogP) is 5.08. The first-order chi connectivity index (χ1) is 17.4. The van der Waals surface area contributed by atoms with Gasteiger partial charge in [0.25, 0.3) is 5.91 Å². The van der Waals surface area contributed by atoms with Gasteiger partial charge in [0.1, 0.15) is 0 Å². The Morgan fingerprint density at radius 1 is 0.889 bits per heavy atom. The number of aromatic nitrogens is 1. The minimum atomic E-state index is -0.750. The fraction of sp³-hybridized carbons (Fsp3) is 0.154. The van der Waals surface area contributed by atoms with E-state index >= 15 is 0 Å². The van der Waals surface area contributed by atoms with Gasteiger partial charge in [-0.25, -0.2) is 9.59 Å². The van der Waals surface area contributed by atoms with Gasteiger partial charge in [-0.3, -0.25) is 9.78 Å². The highest BCUT2D eigenvalue weighted by Gasteiger charge is 2.19. The van der Waals surface area contributed by atoms with Crippen molar-refractivity contribution in [1.82, 2.24) is 4.98 Å². The Morgan fingerprint density at radius 2 is 1.53 bits per heavy atom. The number of nitrogens with zero attached hydrogens (tertiary/aromatic N) is 3. The van der Waals surface area contributed by atoms with Gasteiger partial charge in [-0.1, -0.05) is 30.3 Å². The number of carbonyl (C=O) groups excluding carboxylic acids is 3. The second kappa shape index (κ2) is 12.6. The Balaban J connectivity index is 2.05. The van der Waals surface area contributed by atoms with Gasteiger partial charge >= 0.3 is 11.9 Å². The van der Waals surface area contributed by atoms with Crippen LogP contribution < -0.4 is 5.32 Å². The van der Waals surface area contributed by atoms with Crippen molar-refractivity contribution in [2.24, 2.45) is 10.2 Å². The third-order valence-electron chi connectivity index (χ3n) is 4.61. The molecule has 0 spiro atoms. The maximum absolute atomic E-state index is 13.0. The number of nitrogens with one attached hydrogen (secondary N) is 1. The fourth-order valence-electron chi connectivity index (χ4n) is 3.00. The minimum Gasteiger partial charge on any atom is -0.505 e. The quantitative estimate of drug-likeness (QED) is 0.185. The van der Waals surface area contributed by atoms with Crippen LogP contribution in [0.3, 0.4) is 0 Å². The molecule has 0 saturated heterocycles. The zero-order chi connectivity index (χ0) is 25.9. The number of ether oxygens (including phenoxy) is 2. The number of carbonyl (C=O) groups is 3. The van der Waals surface area contributed by atoms with Gasteiger partial charge in [0, 0.05) is 11.8 Å². The number of azo groups is 1. The second-order valence-electron chi connectivity index (χ2n) is 7.17. The van der Waals surface area contributed by atoms with Crippen LogP contribution in [-0.2, 0) is 14.3 Å². The van der Waals surface area contributed by atoms with Crippen LogP contribution in [0.5, 0.6) is 0 Å². The van der Waals surface area contributed by atoms with Crippen LogP contribution in [-0.4, -0.2) is 41.2 Å².